The van der Waals surface area contributed by atoms with Crippen molar-refractivity contribution in [3.63, 3.8) is 0 Å². The topological polar surface area (TPSA) is 17.1 Å². The van der Waals surface area contributed by atoms with Gasteiger partial charge in [-0.3, -0.25) is 0 Å². The number of rotatable bonds is 5. The summed E-state index contributed by atoms with van der Waals surface area (Å²) in [6.07, 6.45) is 1.92. The van der Waals surface area contributed by atoms with Crippen LogP contribution in [0.15, 0.2) is 119 Å². The first-order chi connectivity index (χ1) is 15.1. The average Bonchev–Trinajstić information content (AvgIpc) is 2.82. The van der Waals surface area contributed by atoms with E-state index < -0.39 is 7.14 Å². The Balaban J connectivity index is 2.07. The molecule has 0 atom stereocenters. The molecular weight excluding hydrogens is 463 g/mol. The van der Waals surface area contributed by atoms with Crippen molar-refractivity contribution in [1.82, 2.24) is 0 Å². The first-order valence-corrected chi connectivity index (χ1v) is 12.6. The van der Waals surface area contributed by atoms with Crippen molar-refractivity contribution in [1.29, 1.82) is 0 Å². The van der Waals surface area contributed by atoms with E-state index in [0.29, 0.717) is 5.31 Å². The fraction of sp³-hybridized carbons (Fsp3) is 0.0357. The van der Waals surface area contributed by atoms with Crippen LogP contribution in [0.4, 0.5) is 0 Å². The van der Waals surface area contributed by atoms with Gasteiger partial charge in [0.2, 0.25) is 0 Å². The van der Waals surface area contributed by atoms with Gasteiger partial charge in [-0.2, -0.15) is 0 Å². The highest BCUT2D eigenvalue weighted by Gasteiger charge is 2.33. The van der Waals surface area contributed by atoms with E-state index in [0.717, 1.165) is 31.8 Å². The Morgan fingerprint density at radius 1 is 0.774 bits per heavy atom. The second kappa shape index (κ2) is 9.50. The molecule has 31 heavy (non-hydrogen) atoms. The predicted molar refractivity (Wildman–Crippen MR) is 136 cm³/mol. The number of halogens is 1. The molecule has 0 fully saturated rings. The molecule has 152 valence electrons. The summed E-state index contributed by atoms with van der Waals surface area (Å²) in [6.45, 7) is 2.05. The largest absolute Gasteiger partial charge is 0.308 e. The molecule has 1 nitrogen and oxygen atoms in total. The molecule has 0 aliphatic rings. The van der Waals surface area contributed by atoms with E-state index in [9.17, 15) is 0 Å². The fourth-order valence-corrected chi connectivity index (χ4v) is 7.16. The normalized spacial score (nSPS) is 10.9. The third kappa shape index (κ3) is 4.58. The molecule has 0 radical (unpaired) electrons. The molecule has 3 heteroatoms. The third-order valence-electron chi connectivity index (χ3n) is 5.11. The molecule has 0 amide bonds. The summed E-state index contributed by atoms with van der Waals surface area (Å²) in [5, 5.41) is 2.26. The molecule has 0 saturated heterocycles. The lowest BCUT2D eigenvalue weighted by atomic mass is 10.1. The molecule has 4 rings (SSSR count). The zero-order valence-electron chi connectivity index (χ0n) is 17.2. The lowest BCUT2D eigenvalue weighted by Gasteiger charge is -2.22. The molecule has 0 saturated carbocycles. The van der Waals surface area contributed by atoms with Gasteiger partial charge in [-0.05, 0) is 30.2 Å². The van der Waals surface area contributed by atoms with Crippen molar-refractivity contribution >= 4 is 45.1 Å². The maximum atomic E-state index is 15.0. The van der Waals surface area contributed by atoms with Gasteiger partial charge >= 0.3 is 0 Å². The van der Waals surface area contributed by atoms with Gasteiger partial charge in [0.15, 0.2) is 7.14 Å². The summed E-state index contributed by atoms with van der Waals surface area (Å²) in [5.74, 6) is 0. The van der Waals surface area contributed by atoms with Crippen LogP contribution in [0.1, 0.15) is 16.7 Å². The van der Waals surface area contributed by atoms with Gasteiger partial charge in [0.05, 0.1) is 5.31 Å². The van der Waals surface area contributed by atoms with Crippen LogP contribution in [-0.4, -0.2) is 0 Å². The average molecular weight is 485 g/mol. The number of benzene rings is 4. The van der Waals surface area contributed by atoms with Crippen LogP contribution in [0, 0.1) is 6.92 Å². The molecule has 0 heterocycles. The predicted octanol–water partition coefficient (Wildman–Crippen LogP) is 7.42. The smallest absolute Gasteiger partial charge is 0.179 e. The van der Waals surface area contributed by atoms with Gasteiger partial charge in [-0.25, -0.2) is 0 Å². The number of hydrogen-bond donors (Lipinski definition) is 0. The maximum absolute atomic E-state index is 15.0. The standard InChI is InChI=1S/C28H22BrOP/c1-22-17-19-26(27(29)21-22)28(20-18-23-11-5-2-6-12-23)31(30,24-13-7-3-8-14-24)25-15-9-4-10-16-25/h2-19,21H,1H3. The highest BCUT2D eigenvalue weighted by molar-refractivity contribution is 9.10. The summed E-state index contributed by atoms with van der Waals surface area (Å²) in [5.41, 5.74) is 6.48. The Morgan fingerprint density at radius 3 is 1.81 bits per heavy atom. The third-order valence-corrected chi connectivity index (χ3v) is 8.82. The molecule has 4 aromatic carbocycles. The quantitative estimate of drug-likeness (QED) is 0.212. The molecule has 0 aliphatic heterocycles. The molecule has 0 spiro atoms. The Kier molecular flexibility index (Phi) is 6.54. The minimum Gasteiger partial charge on any atom is -0.308 e. The zero-order chi connectivity index (χ0) is 21.7. The van der Waals surface area contributed by atoms with Crippen molar-refractivity contribution < 1.29 is 4.57 Å². The minimum atomic E-state index is -3.19. The molecule has 0 bridgehead atoms. The van der Waals surface area contributed by atoms with Crippen LogP contribution in [0.2, 0.25) is 0 Å². The van der Waals surface area contributed by atoms with Gasteiger partial charge in [0.1, 0.15) is 0 Å². The minimum absolute atomic E-state index is 0.681. The van der Waals surface area contributed by atoms with Crippen LogP contribution in [0.5, 0.6) is 0 Å². The van der Waals surface area contributed by atoms with Crippen molar-refractivity contribution in [2.24, 2.45) is 0 Å². The van der Waals surface area contributed by atoms with Gasteiger partial charge < -0.3 is 4.57 Å². The van der Waals surface area contributed by atoms with Crippen LogP contribution in [-0.2, 0) is 4.57 Å². The highest BCUT2D eigenvalue weighted by atomic mass is 79.9. The highest BCUT2D eigenvalue weighted by Crippen LogP contribution is 2.57. The lowest BCUT2D eigenvalue weighted by molar-refractivity contribution is 0.593. The van der Waals surface area contributed by atoms with Crippen LogP contribution < -0.4 is 10.6 Å². The van der Waals surface area contributed by atoms with Gasteiger partial charge in [0.25, 0.3) is 0 Å². The van der Waals surface area contributed by atoms with Gasteiger partial charge in [-0.15, -0.1) is 5.73 Å². The molecule has 4 aromatic rings. The number of aryl methyl sites for hydroxylation is 1. The van der Waals surface area contributed by atoms with Crippen molar-refractivity contribution in [3.05, 3.63) is 136 Å². The zero-order valence-corrected chi connectivity index (χ0v) is 19.7. The van der Waals surface area contributed by atoms with Crippen LogP contribution in [0.3, 0.4) is 0 Å². The first-order valence-electron chi connectivity index (χ1n) is 10.1. The molecule has 0 aliphatic carbocycles. The van der Waals surface area contributed by atoms with E-state index in [-0.39, 0.29) is 0 Å². The lowest BCUT2D eigenvalue weighted by Crippen LogP contribution is -2.17. The Hall–Kier alpha value is -2.89. The van der Waals surface area contributed by atoms with E-state index in [1.165, 1.54) is 0 Å². The summed E-state index contributed by atoms with van der Waals surface area (Å²) >= 11 is 3.72. The SMILES string of the molecule is Cc1ccc(C(=C=Cc2ccccc2)P(=O)(c2ccccc2)c2ccccc2)c(Br)c1. The Morgan fingerprint density at radius 2 is 1.29 bits per heavy atom. The first kappa shape index (κ1) is 21.3. The van der Waals surface area contributed by atoms with Crippen molar-refractivity contribution in [3.8, 4) is 0 Å². The van der Waals surface area contributed by atoms with E-state index in [4.69, 9.17) is 0 Å². The summed E-state index contributed by atoms with van der Waals surface area (Å²) < 4.78 is 15.9. The van der Waals surface area contributed by atoms with E-state index >= 15 is 4.57 Å². The Bertz CT molecular complexity index is 1250. The van der Waals surface area contributed by atoms with Crippen LogP contribution in [0.25, 0.3) is 11.4 Å². The summed E-state index contributed by atoms with van der Waals surface area (Å²) in [7, 11) is -3.19. The van der Waals surface area contributed by atoms with Crippen LogP contribution >= 0.6 is 23.1 Å². The molecular formula is C28H22BrOP. The summed E-state index contributed by atoms with van der Waals surface area (Å²) in [6, 6.07) is 35.6. The summed E-state index contributed by atoms with van der Waals surface area (Å²) in [4.78, 5) is 0. The van der Waals surface area contributed by atoms with E-state index in [2.05, 4.69) is 27.7 Å². The maximum Gasteiger partial charge on any atom is 0.179 e. The second-order valence-electron chi connectivity index (χ2n) is 7.31. The van der Waals surface area contributed by atoms with Gasteiger partial charge in [-0.1, -0.05) is 119 Å². The Labute approximate surface area is 192 Å². The van der Waals surface area contributed by atoms with Crippen molar-refractivity contribution in [2.45, 2.75) is 6.92 Å². The van der Waals surface area contributed by atoms with E-state index in [1.807, 2.05) is 116 Å². The molecule has 0 aromatic heterocycles. The van der Waals surface area contributed by atoms with Crippen molar-refractivity contribution in [2.75, 3.05) is 0 Å². The monoisotopic (exact) mass is 484 g/mol. The number of hydrogen-bond acceptors (Lipinski definition) is 1. The molecule has 0 unspecified atom stereocenters. The molecule has 0 N–H and O–H groups in total. The fourth-order valence-electron chi connectivity index (χ4n) is 3.53. The second-order valence-corrected chi connectivity index (χ2v) is 10.9. The van der Waals surface area contributed by atoms with E-state index in [1.54, 1.807) is 0 Å². The van der Waals surface area contributed by atoms with Gasteiger partial charge in [0, 0.05) is 20.6 Å².